The van der Waals surface area contributed by atoms with Crippen molar-refractivity contribution in [2.24, 2.45) is 0 Å². The minimum Gasteiger partial charge on any atom is -0.360 e. The molecule has 0 fully saturated rings. The maximum Gasteiger partial charge on any atom is 0.292 e. The largest absolute Gasteiger partial charge is 0.360 e. The van der Waals surface area contributed by atoms with E-state index in [1.165, 1.54) is 0 Å². The van der Waals surface area contributed by atoms with Gasteiger partial charge < -0.3 is 19.7 Å². The summed E-state index contributed by atoms with van der Waals surface area (Å²) in [5.74, 6) is 0.461. The van der Waals surface area contributed by atoms with Crippen LogP contribution in [0.25, 0.3) is 0 Å². The molecule has 0 aliphatic carbocycles. The van der Waals surface area contributed by atoms with Crippen LogP contribution in [0.5, 0.6) is 0 Å². The summed E-state index contributed by atoms with van der Waals surface area (Å²) in [7, 11) is 0. The molecule has 1 unspecified atom stereocenters. The van der Waals surface area contributed by atoms with Gasteiger partial charge in [0.15, 0.2) is 11.6 Å². The van der Waals surface area contributed by atoms with Gasteiger partial charge in [-0.2, -0.15) is 0 Å². The molecule has 0 spiro atoms. The lowest BCUT2D eigenvalue weighted by molar-refractivity contribution is 0.0934. The van der Waals surface area contributed by atoms with Crippen molar-refractivity contribution in [2.45, 2.75) is 45.7 Å². The SMILES string of the molecule is Cc1cc(NC(=O)c2nc(C(=O)NC(C)c3ccccc3)c3n2CCCC3)no1. The lowest BCUT2D eigenvalue weighted by Crippen LogP contribution is -2.28. The number of carbonyl (C=O) groups is 2. The zero-order valence-corrected chi connectivity index (χ0v) is 16.4. The minimum atomic E-state index is -0.406. The minimum absolute atomic E-state index is 0.167. The highest BCUT2D eigenvalue weighted by molar-refractivity contribution is 6.03. The summed E-state index contributed by atoms with van der Waals surface area (Å²) in [6.07, 6.45) is 2.61. The number of hydrogen-bond donors (Lipinski definition) is 2. The average Bonchev–Trinajstić information content (AvgIpc) is 3.32. The zero-order chi connectivity index (χ0) is 20.4. The number of aryl methyl sites for hydroxylation is 1. The highest BCUT2D eigenvalue weighted by Crippen LogP contribution is 2.23. The molecule has 2 N–H and O–H groups in total. The first-order valence-electron chi connectivity index (χ1n) is 9.73. The van der Waals surface area contributed by atoms with Gasteiger partial charge in [-0.15, -0.1) is 0 Å². The number of nitrogens with one attached hydrogen (secondary N) is 2. The number of aromatic nitrogens is 3. The Hall–Kier alpha value is -3.42. The van der Waals surface area contributed by atoms with Crippen molar-refractivity contribution in [3.05, 3.63) is 64.9 Å². The number of fused-ring (bicyclic) bond motifs is 1. The Morgan fingerprint density at radius 3 is 2.69 bits per heavy atom. The number of anilines is 1. The molecule has 0 radical (unpaired) electrons. The maximum atomic E-state index is 13.0. The predicted molar refractivity (Wildman–Crippen MR) is 107 cm³/mol. The molecule has 3 aromatic rings. The van der Waals surface area contributed by atoms with Crippen LogP contribution in [0.15, 0.2) is 40.9 Å². The third kappa shape index (κ3) is 3.91. The first-order chi connectivity index (χ1) is 14.0. The zero-order valence-electron chi connectivity index (χ0n) is 16.4. The molecule has 4 rings (SSSR count). The number of benzene rings is 1. The summed E-state index contributed by atoms with van der Waals surface area (Å²) < 4.78 is 6.83. The van der Waals surface area contributed by atoms with E-state index in [9.17, 15) is 9.59 Å². The van der Waals surface area contributed by atoms with Gasteiger partial charge >= 0.3 is 0 Å². The molecule has 8 nitrogen and oxygen atoms in total. The van der Waals surface area contributed by atoms with Crippen LogP contribution < -0.4 is 10.6 Å². The fourth-order valence-corrected chi connectivity index (χ4v) is 3.59. The number of carbonyl (C=O) groups excluding carboxylic acids is 2. The fourth-order valence-electron chi connectivity index (χ4n) is 3.59. The Balaban J connectivity index is 1.59. The Morgan fingerprint density at radius 2 is 1.97 bits per heavy atom. The van der Waals surface area contributed by atoms with Crippen LogP contribution in [0.2, 0.25) is 0 Å². The Labute approximate surface area is 168 Å². The molecule has 1 aromatic carbocycles. The Morgan fingerprint density at radius 1 is 1.17 bits per heavy atom. The number of nitrogens with zero attached hydrogens (tertiary/aromatic N) is 3. The molecular weight excluding hydrogens is 370 g/mol. The van der Waals surface area contributed by atoms with E-state index in [0.29, 0.717) is 30.2 Å². The number of rotatable bonds is 5. The topological polar surface area (TPSA) is 102 Å². The molecule has 29 heavy (non-hydrogen) atoms. The normalized spacial score (nSPS) is 14.1. The molecule has 0 saturated carbocycles. The molecule has 1 aliphatic rings. The lowest BCUT2D eigenvalue weighted by atomic mass is 10.1. The monoisotopic (exact) mass is 393 g/mol. The van der Waals surface area contributed by atoms with Crippen molar-refractivity contribution in [1.29, 1.82) is 0 Å². The van der Waals surface area contributed by atoms with Crippen LogP contribution in [0.3, 0.4) is 0 Å². The van der Waals surface area contributed by atoms with Crippen LogP contribution in [-0.4, -0.2) is 26.5 Å². The number of amides is 2. The summed E-state index contributed by atoms with van der Waals surface area (Å²) in [6.45, 7) is 4.33. The molecule has 1 atom stereocenters. The van der Waals surface area contributed by atoms with Gasteiger partial charge in [0.05, 0.1) is 11.7 Å². The van der Waals surface area contributed by atoms with Crippen LogP contribution in [0, 0.1) is 6.92 Å². The van der Waals surface area contributed by atoms with Gasteiger partial charge in [-0.1, -0.05) is 35.5 Å². The van der Waals surface area contributed by atoms with Crippen molar-refractivity contribution < 1.29 is 14.1 Å². The summed E-state index contributed by atoms with van der Waals surface area (Å²) >= 11 is 0. The molecule has 1 aliphatic heterocycles. The first kappa shape index (κ1) is 18.9. The molecule has 0 saturated heterocycles. The first-order valence-corrected chi connectivity index (χ1v) is 9.73. The van der Waals surface area contributed by atoms with Crippen LogP contribution in [0.4, 0.5) is 5.82 Å². The van der Waals surface area contributed by atoms with Crippen molar-refractivity contribution in [2.75, 3.05) is 5.32 Å². The van der Waals surface area contributed by atoms with Gasteiger partial charge in [0.2, 0.25) is 0 Å². The van der Waals surface area contributed by atoms with Crippen LogP contribution in [0.1, 0.15) is 63.9 Å². The number of hydrogen-bond acceptors (Lipinski definition) is 5. The molecule has 0 bridgehead atoms. The van der Waals surface area contributed by atoms with Gasteiger partial charge in [0.1, 0.15) is 11.5 Å². The highest BCUT2D eigenvalue weighted by atomic mass is 16.5. The van der Waals surface area contributed by atoms with Crippen LogP contribution >= 0.6 is 0 Å². The third-order valence-corrected chi connectivity index (χ3v) is 5.05. The predicted octanol–water partition coefficient (Wildman–Crippen LogP) is 3.26. The van der Waals surface area contributed by atoms with E-state index < -0.39 is 5.91 Å². The molecule has 2 aromatic heterocycles. The van der Waals surface area contributed by atoms with Crippen molar-refractivity contribution in [3.8, 4) is 0 Å². The van der Waals surface area contributed by atoms with Gasteiger partial charge in [0.25, 0.3) is 11.8 Å². The smallest absolute Gasteiger partial charge is 0.292 e. The standard InChI is InChI=1S/C21H23N5O3/c1-13-12-17(25-29-13)23-21(28)19-24-18(16-10-6-7-11-26(16)19)20(27)22-14(2)15-8-4-3-5-9-15/h3-5,8-9,12,14H,6-7,10-11H2,1-2H3,(H,22,27)(H,23,25,28). The molecular formula is C21H23N5O3. The van der Waals surface area contributed by atoms with Gasteiger partial charge in [-0.3, -0.25) is 9.59 Å². The van der Waals surface area contributed by atoms with E-state index in [0.717, 1.165) is 24.1 Å². The summed E-state index contributed by atoms with van der Waals surface area (Å²) in [4.78, 5) is 30.1. The summed E-state index contributed by atoms with van der Waals surface area (Å²) in [5.41, 5.74) is 2.12. The quantitative estimate of drug-likeness (QED) is 0.693. The Bertz CT molecular complexity index is 1040. The molecule has 150 valence electrons. The fraction of sp³-hybridized carbons (Fsp3) is 0.333. The van der Waals surface area contributed by atoms with E-state index in [1.807, 2.05) is 41.8 Å². The summed E-state index contributed by atoms with van der Waals surface area (Å²) in [6, 6.07) is 11.2. The van der Waals surface area contributed by atoms with E-state index in [4.69, 9.17) is 4.52 Å². The third-order valence-electron chi connectivity index (χ3n) is 5.05. The van der Waals surface area contributed by atoms with Gasteiger partial charge in [-0.05, 0) is 38.7 Å². The average molecular weight is 393 g/mol. The second-order valence-electron chi connectivity index (χ2n) is 7.22. The Kier molecular flexibility index (Phi) is 5.16. The van der Waals surface area contributed by atoms with Crippen molar-refractivity contribution in [1.82, 2.24) is 20.0 Å². The molecule has 8 heteroatoms. The van der Waals surface area contributed by atoms with E-state index in [-0.39, 0.29) is 17.8 Å². The van der Waals surface area contributed by atoms with E-state index in [1.54, 1.807) is 13.0 Å². The summed E-state index contributed by atoms with van der Waals surface area (Å²) in [5, 5.41) is 9.47. The van der Waals surface area contributed by atoms with E-state index >= 15 is 0 Å². The van der Waals surface area contributed by atoms with Crippen LogP contribution in [-0.2, 0) is 13.0 Å². The number of imidazole rings is 1. The van der Waals surface area contributed by atoms with Gasteiger partial charge in [0, 0.05) is 12.6 Å². The lowest BCUT2D eigenvalue weighted by Gasteiger charge is -2.18. The van der Waals surface area contributed by atoms with Crippen molar-refractivity contribution >= 4 is 17.6 Å². The van der Waals surface area contributed by atoms with E-state index in [2.05, 4.69) is 20.8 Å². The highest BCUT2D eigenvalue weighted by Gasteiger charge is 2.28. The maximum absolute atomic E-state index is 13.0. The van der Waals surface area contributed by atoms with Crippen molar-refractivity contribution in [3.63, 3.8) is 0 Å². The second kappa shape index (κ2) is 7.90. The molecule has 2 amide bonds. The van der Waals surface area contributed by atoms with Gasteiger partial charge in [-0.25, -0.2) is 4.98 Å². The second-order valence-corrected chi connectivity index (χ2v) is 7.22. The molecule has 3 heterocycles.